The van der Waals surface area contributed by atoms with E-state index in [4.69, 9.17) is 0 Å². The molecule has 1 aromatic carbocycles. The van der Waals surface area contributed by atoms with Gasteiger partial charge in [0.1, 0.15) is 5.56 Å². The fourth-order valence-electron chi connectivity index (χ4n) is 2.67. The maximum absolute atomic E-state index is 14.2. The predicted molar refractivity (Wildman–Crippen MR) is 99.9 cm³/mol. The smallest absolute Gasteiger partial charge is 0.460 e. The number of carbonyl (C=O) groups excluding carboxylic acids is 2. The van der Waals surface area contributed by atoms with Crippen molar-refractivity contribution in [2.45, 2.75) is 41.7 Å². The van der Waals surface area contributed by atoms with Gasteiger partial charge in [-0.25, -0.2) is 26.7 Å². The van der Waals surface area contributed by atoms with Crippen molar-refractivity contribution in [1.29, 1.82) is 0 Å². The molecule has 28 heteroatoms. The number of benzene rings is 1. The van der Waals surface area contributed by atoms with Gasteiger partial charge in [-0.1, -0.05) is 0 Å². The molecule has 1 N–H and O–H groups in total. The Morgan fingerprint density at radius 1 is 0.542 bits per heavy atom. The van der Waals surface area contributed by atoms with Gasteiger partial charge in [0.2, 0.25) is 17.3 Å². The molecule has 0 aliphatic heterocycles. The molecule has 0 saturated carbocycles. The lowest BCUT2D eigenvalue weighted by molar-refractivity contribution is -0.451. The van der Waals surface area contributed by atoms with Gasteiger partial charge in [-0.15, -0.1) is 0 Å². The third-order valence-corrected chi connectivity index (χ3v) is 5.22. The zero-order chi connectivity index (χ0) is 38.5. The molecule has 0 bridgehead atoms. The zero-order valence-electron chi connectivity index (χ0n) is 21.3. The van der Waals surface area contributed by atoms with E-state index in [1.807, 2.05) is 0 Å². The molecule has 0 atom stereocenters. The fourth-order valence-corrected chi connectivity index (χ4v) is 2.67. The molecule has 274 valence electrons. The maximum atomic E-state index is 14.2. The molecule has 0 saturated heterocycles. The van der Waals surface area contributed by atoms with E-state index in [1.54, 1.807) is 0 Å². The summed E-state index contributed by atoms with van der Waals surface area (Å²) in [6.07, 6.45) is -7.99. The van der Waals surface area contributed by atoms with Crippen molar-refractivity contribution in [2.24, 2.45) is 0 Å². The largest absolute Gasteiger partial charge is 0.464 e. The van der Waals surface area contributed by atoms with Crippen LogP contribution in [0.25, 0.3) is 0 Å². The highest BCUT2D eigenvalue weighted by molar-refractivity contribution is 6.01. The first-order valence-electron chi connectivity index (χ1n) is 10.5. The Kier molecular flexibility index (Phi) is 11.1. The molecule has 0 aliphatic rings. The lowest BCUT2D eigenvalue weighted by Gasteiger charge is -2.41. The Morgan fingerprint density at radius 2 is 0.896 bits per heavy atom. The molecule has 5 nitrogen and oxygen atoms in total. The minimum absolute atomic E-state index is 0.0992. The number of methoxy groups -OCH3 is 1. The van der Waals surface area contributed by atoms with Crippen LogP contribution in [0, 0.1) is 29.1 Å². The van der Waals surface area contributed by atoms with Crippen molar-refractivity contribution in [3.63, 3.8) is 0 Å². The number of allylic oxidation sites excluding steroid dienone is 1. The molecular weight excluding hydrogens is 755 g/mol. The number of ether oxygens (including phenoxy) is 2. The van der Waals surface area contributed by atoms with E-state index < -0.39 is 112 Å². The van der Waals surface area contributed by atoms with Crippen molar-refractivity contribution < 1.29 is 120 Å². The Morgan fingerprint density at radius 3 is 1.27 bits per heavy atom. The number of halogens is 23. The van der Waals surface area contributed by atoms with E-state index in [9.17, 15) is 111 Å². The number of rotatable bonds is 11. The Bertz CT molecular complexity index is 1500. The van der Waals surface area contributed by atoms with Crippen molar-refractivity contribution in [3.8, 4) is 0 Å². The molecule has 0 aliphatic carbocycles. The van der Waals surface area contributed by atoms with Gasteiger partial charge in [0.05, 0.1) is 7.11 Å². The van der Waals surface area contributed by atoms with Crippen LogP contribution in [-0.4, -0.2) is 60.7 Å². The van der Waals surface area contributed by atoms with Crippen molar-refractivity contribution in [3.05, 3.63) is 58.2 Å². The maximum Gasteiger partial charge on any atom is 0.460 e. The lowest BCUT2D eigenvalue weighted by atomic mass is 9.91. The van der Waals surface area contributed by atoms with Gasteiger partial charge < -0.3 is 14.8 Å². The summed E-state index contributed by atoms with van der Waals surface area (Å²) < 4.78 is 313. The van der Waals surface area contributed by atoms with Gasteiger partial charge in [-0.3, -0.25) is 4.79 Å². The second kappa shape index (κ2) is 12.7. The van der Waals surface area contributed by atoms with E-state index in [0.29, 0.717) is 5.32 Å². The standard InChI is InChI=1S/C20H4F23NO4/c1-47-13(46)8(44-12(45)2-3(21)5(23)7(25)6(24)4(2)22)10(27)48-11(28)9(26)14(29,30)15(31,32)16(33,34)17(35,36)18(37,38)19(39,40)20(41,42)43/h1H3,(H,44,45). The van der Waals surface area contributed by atoms with Crippen LogP contribution in [0.3, 0.4) is 0 Å². The number of nitrogens with one attached hydrogen (secondary N) is 1. The van der Waals surface area contributed by atoms with Crippen LogP contribution in [0.1, 0.15) is 10.4 Å². The topological polar surface area (TPSA) is 64.6 Å². The Balaban J connectivity index is 3.76. The Hall–Kier alpha value is -4.17. The number of esters is 1. The first-order chi connectivity index (χ1) is 21.1. The number of hydrogen-bond acceptors (Lipinski definition) is 4. The van der Waals surface area contributed by atoms with Crippen LogP contribution in [0.5, 0.6) is 0 Å². The summed E-state index contributed by atoms with van der Waals surface area (Å²) in [6, 6.07) is -8.09. The highest BCUT2D eigenvalue weighted by atomic mass is 19.4. The summed E-state index contributed by atoms with van der Waals surface area (Å²) in [7, 11) is 0.0992. The molecule has 1 rings (SSSR count). The van der Waals surface area contributed by atoms with E-state index in [0.717, 1.165) is 0 Å². The van der Waals surface area contributed by atoms with Gasteiger partial charge in [-0.05, 0) is 0 Å². The second-order valence-electron chi connectivity index (χ2n) is 8.17. The highest BCUT2D eigenvalue weighted by Crippen LogP contribution is 2.63. The van der Waals surface area contributed by atoms with Gasteiger partial charge in [0.15, 0.2) is 23.3 Å². The highest BCUT2D eigenvalue weighted by Gasteiger charge is 2.94. The number of hydrogen-bond donors (Lipinski definition) is 1. The van der Waals surface area contributed by atoms with Gasteiger partial charge in [0, 0.05) is 0 Å². The van der Waals surface area contributed by atoms with Crippen LogP contribution >= 0.6 is 0 Å². The third kappa shape index (κ3) is 6.23. The van der Waals surface area contributed by atoms with Gasteiger partial charge in [0.25, 0.3) is 5.91 Å². The predicted octanol–water partition coefficient (Wildman–Crippen LogP) is 7.92. The molecule has 0 unspecified atom stereocenters. The lowest BCUT2D eigenvalue weighted by Crippen LogP contribution is -2.72. The van der Waals surface area contributed by atoms with Crippen LogP contribution < -0.4 is 5.32 Å². The van der Waals surface area contributed by atoms with Crippen molar-refractivity contribution in [2.75, 3.05) is 7.11 Å². The summed E-state index contributed by atoms with van der Waals surface area (Å²) >= 11 is 0. The van der Waals surface area contributed by atoms with Crippen LogP contribution in [0.4, 0.5) is 101 Å². The van der Waals surface area contributed by atoms with E-state index in [1.165, 1.54) is 0 Å². The van der Waals surface area contributed by atoms with E-state index in [2.05, 4.69) is 9.47 Å². The monoisotopic (exact) mass is 759 g/mol. The zero-order valence-corrected chi connectivity index (χ0v) is 21.3. The number of alkyl halides is 15. The molecule has 0 heterocycles. The molecule has 48 heavy (non-hydrogen) atoms. The number of carbonyl (C=O) groups is 2. The summed E-state index contributed by atoms with van der Waals surface area (Å²) in [4.78, 5) is 23.5. The van der Waals surface area contributed by atoms with Crippen LogP contribution in [0.15, 0.2) is 23.5 Å². The molecule has 1 aromatic rings. The average molecular weight is 759 g/mol. The fraction of sp³-hybridized carbons (Fsp3) is 0.400. The van der Waals surface area contributed by atoms with Gasteiger partial charge >= 0.3 is 59.7 Å². The minimum Gasteiger partial charge on any atom is -0.464 e. The van der Waals surface area contributed by atoms with Crippen LogP contribution in [-0.2, 0) is 14.3 Å². The summed E-state index contributed by atoms with van der Waals surface area (Å²) in [5, 5.41) is 0.457. The quantitative estimate of drug-likeness (QED) is 0.0623. The first-order valence-corrected chi connectivity index (χ1v) is 10.5. The van der Waals surface area contributed by atoms with Crippen LogP contribution in [0.2, 0.25) is 0 Å². The molecule has 1 amide bonds. The third-order valence-electron chi connectivity index (χ3n) is 5.22. The summed E-state index contributed by atoms with van der Waals surface area (Å²) in [6.45, 7) is 0. The molecule has 0 radical (unpaired) electrons. The van der Waals surface area contributed by atoms with Crippen molar-refractivity contribution in [1.82, 2.24) is 5.32 Å². The van der Waals surface area contributed by atoms with Gasteiger partial charge in [-0.2, -0.15) is 79.0 Å². The summed E-state index contributed by atoms with van der Waals surface area (Å²) in [5.74, 6) is -77.6. The Labute approximate surface area is 245 Å². The average Bonchev–Trinajstić information content (AvgIpc) is 2.95. The normalized spacial score (nSPS) is 15.1. The number of amides is 1. The summed E-state index contributed by atoms with van der Waals surface area (Å²) in [5.41, 5.74) is -5.39. The SMILES string of the molecule is COC(=O)C(NC(=O)c1c(F)c(F)c(F)c(F)c1F)=C(F)OC(F)=C(F)C(F)(F)C(F)(F)C(F)(F)C(F)(F)C(F)(F)C(F)(F)C(F)(F)F. The van der Waals surface area contributed by atoms with Crippen molar-refractivity contribution >= 4 is 11.9 Å². The molecule has 0 spiro atoms. The first kappa shape index (κ1) is 41.9. The molecular formula is C20H4F23NO4. The van der Waals surface area contributed by atoms with E-state index in [-0.39, 0.29) is 7.11 Å². The second-order valence-corrected chi connectivity index (χ2v) is 8.17. The van der Waals surface area contributed by atoms with E-state index >= 15 is 0 Å². The minimum atomic E-state index is -8.96. The molecule has 0 fully saturated rings. The molecule has 0 aromatic heterocycles.